The van der Waals surface area contributed by atoms with E-state index < -0.39 is 17.8 Å². The molecule has 1 aromatic rings. The van der Waals surface area contributed by atoms with E-state index in [1.807, 2.05) is 0 Å². The topological polar surface area (TPSA) is 107 Å². The number of ether oxygens (including phenoxy) is 1. The molecule has 6 heteroatoms. The van der Waals surface area contributed by atoms with E-state index in [-0.39, 0.29) is 28.6 Å². The molecule has 0 fully saturated rings. The number of methoxy groups -OCH3 is 1. The highest BCUT2D eigenvalue weighted by Gasteiger charge is 2.23. The van der Waals surface area contributed by atoms with Crippen LogP contribution in [0.2, 0.25) is 0 Å². The fourth-order valence-electron chi connectivity index (χ4n) is 2.09. The van der Waals surface area contributed by atoms with Gasteiger partial charge in [-0.15, -0.1) is 0 Å². The van der Waals surface area contributed by atoms with Gasteiger partial charge in [-0.1, -0.05) is 6.08 Å². The van der Waals surface area contributed by atoms with Gasteiger partial charge in [-0.2, -0.15) is 0 Å². The zero-order chi connectivity index (χ0) is 16.3. The Hall–Kier alpha value is -2.73. The number of aliphatic hydroxyl groups is 3. The third-order valence-corrected chi connectivity index (χ3v) is 3.27. The number of hydrogen-bond acceptors (Lipinski definition) is 6. The highest BCUT2D eigenvalue weighted by atomic mass is 16.5. The molecule has 116 valence electrons. The molecule has 22 heavy (non-hydrogen) atoms. The van der Waals surface area contributed by atoms with E-state index in [1.165, 1.54) is 43.5 Å². The second-order valence-corrected chi connectivity index (χ2v) is 4.79. The number of phenolic OH excluding ortho intramolecular Hbond substituents is 1. The highest BCUT2D eigenvalue weighted by Crippen LogP contribution is 2.27. The van der Waals surface area contributed by atoms with Crippen LogP contribution in [-0.2, 0) is 0 Å². The Bertz CT molecular complexity index is 671. The summed E-state index contributed by atoms with van der Waals surface area (Å²) in [7, 11) is 1.40. The summed E-state index contributed by atoms with van der Waals surface area (Å²) < 4.78 is 4.89. The van der Waals surface area contributed by atoms with Crippen molar-refractivity contribution in [2.24, 2.45) is 5.92 Å². The molecule has 0 saturated carbocycles. The molecule has 0 amide bonds. The van der Waals surface area contributed by atoms with E-state index in [2.05, 4.69) is 0 Å². The van der Waals surface area contributed by atoms with Crippen LogP contribution in [-0.4, -0.2) is 39.4 Å². The molecule has 0 spiro atoms. The number of aliphatic hydroxyl groups excluding tert-OH is 3. The highest BCUT2D eigenvalue weighted by molar-refractivity contribution is 6.04. The van der Waals surface area contributed by atoms with Crippen LogP contribution in [0.15, 0.2) is 54.0 Å². The lowest BCUT2D eigenvalue weighted by atomic mass is 9.93. The van der Waals surface area contributed by atoms with Gasteiger partial charge in [-0.3, -0.25) is 4.79 Å². The smallest absolute Gasteiger partial charge is 0.185 e. The summed E-state index contributed by atoms with van der Waals surface area (Å²) in [6, 6.07) is 4.22. The van der Waals surface area contributed by atoms with Crippen molar-refractivity contribution >= 4 is 5.78 Å². The summed E-state index contributed by atoms with van der Waals surface area (Å²) in [6.07, 6.45) is 3.67. The number of carbonyl (C=O) groups is 1. The first-order valence-corrected chi connectivity index (χ1v) is 6.51. The minimum Gasteiger partial charge on any atom is -0.511 e. The van der Waals surface area contributed by atoms with Crippen molar-refractivity contribution in [3.63, 3.8) is 0 Å². The maximum Gasteiger partial charge on any atom is 0.185 e. The standard InChI is InChI=1S/C16H16O6/c1-22-16-5-2-9(6-15(16)21)12(18)4-3-11-13(19)7-10(17)8-14(11)20/h2-8,11,13,17,19-21H,1H3. The van der Waals surface area contributed by atoms with Crippen molar-refractivity contribution in [3.05, 3.63) is 59.6 Å². The van der Waals surface area contributed by atoms with Crippen LogP contribution >= 0.6 is 0 Å². The number of benzene rings is 1. The minimum absolute atomic E-state index is 0.157. The Morgan fingerprint density at radius 3 is 2.59 bits per heavy atom. The molecule has 1 aromatic carbocycles. The number of hydrogen-bond donors (Lipinski definition) is 4. The number of allylic oxidation sites excluding steroid dienone is 2. The lowest BCUT2D eigenvalue weighted by Crippen LogP contribution is -2.22. The molecule has 1 aliphatic carbocycles. The Balaban J connectivity index is 2.15. The van der Waals surface area contributed by atoms with Gasteiger partial charge in [0.1, 0.15) is 11.5 Å². The van der Waals surface area contributed by atoms with Gasteiger partial charge in [0, 0.05) is 11.6 Å². The van der Waals surface area contributed by atoms with E-state index in [1.54, 1.807) is 0 Å². The van der Waals surface area contributed by atoms with Gasteiger partial charge < -0.3 is 25.2 Å². The van der Waals surface area contributed by atoms with Crippen LogP contribution in [0.1, 0.15) is 10.4 Å². The van der Waals surface area contributed by atoms with Crippen LogP contribution in [0.4, 0.5) is 0 Å². The molecule has 0 aliphatic heterocycles. The lowest BCUT2D eigenvalue weighted by molar-refractivity contribution is 0.104. The first-order valence-electron chi connectivity index (χ1n) is 6.51. The summed E-state index contributed by atoms with van der Waals surface area (Å²) in [6.45, 7) is 0. The van der Waals surface area contributed by atoms with Crippen LogP contribution in [0.3, 0.4) is 0 Å². The quantitative estimate of drug-likeness (QED) is 0.501. The average molecular weight is 304 g/mol. The predicted molar refractivity (Wildman–Crippen MR) is 79.0 cm³/mol. The van der Waals surface area contributed by atoms with Crippen LogP contribution in [0, 0.1) is 5.92 Å². The lowest BCUT2D eigenvalue weighted by Gasteiger charge is -2.20. The summed E-state index contributed by atoms with van der Waals surface area (Å²) in [4.78, 5) is 12.0. The van der Waals surface area contributed by atoms with Gasteiger partial charge in [0.2, 0.25) is 0 Å². The molecule has 2 unspecified atom stereocenters. The summed E-state index contributed by atoms with van der Waals surface area (Å²) in [5.41, 5.74) is 0.238. The maximum absolute atomic E-state index is 12.0. The van der Waals surface area contributed by atoms with Gasteiger partial charge in [0.05, 0.1) is 19.1 Å². The SMILES string of the molecule is COc1ccc(C(=O)C=CC2C(O)=CC(O)=CC2O)cc1O. The third-order valence-electron chi connectivity index (χ3n) is 3.27. The maximum atomic E-state index is 12.0. The number of aromatic hydroxyl groups is 1. The fourth-order valence-corrected chi connectivity index (χ4v) is 2.09. The largest absolute Gasteiger partial charge is 0.511 e. The van der Waals surface area contributed by atoms with Gasteiger partial charge in [-0.25, -0.2) is 0 Å². The van der Waals surface area contributed by atoms with Crippen molar-refractivity contribution in [2.75, 3.05) is 7.11 Å². The number of phenols is 1. The molecular formula is C16H16O6. The van der Waals surface area contributed by atoms with Crippen molar-refractivity contribution < 1.29 is 30.0 Å². The zero-order valence-electron chi connectivity index (χ0n) is 11.8. The van der Waals surface area contributed by atoms with Gasteiger partial charge in [0.15, 0.2) is 17.3 Å². The molecule has 0 bridgehead atoms. The molecule has 4 N–H and O–H groups in total. The normalized spacial score (nSPS) is 21.4. The molecule has 0 radical (unpaired) electrons. The molecule has 2 rings (SSSR count). The third kappa shape index (κ3) is 3.29. The number of rotatable bonds is 4. The van der Waals surface area contributed by atoms with E-state index in [4.69, 9.17) is 4.74 Å². The van der Waals surface area contributed by atoms with Crippen molar-refractivity contribution in [2.45, 2.75) is 6.10 Å². The Kier molecular flexibility index (Phi) is 4.53. The molecule has 0 heterocycles. The van der Waals surface area contributed by atoms with E-state index >= 15 is 0 Å². The molecule has 0 aromatic heterocycles. The van der Waals surface area contributed by atoms with E-state index in [0.717, 1.165) is 6.08 Å². The molecular weight excluding hydrogens is 288 g/mol. The van der Waals surface area contributed by atoms with Crippen LogP contribution in [0.5, 0.6) is 11.5 Å². The average Bonchev–Trinajstić information content (AvgIpc) is 2.45. The number of ketones is 1. The second-order valence-electron chi connectivity index (χ2n) is 4.79. The predicted octanol–water partition coefficient (Wildman–Crippen LogP) is 2.01. The molecule has 2 atom stereocenters. The molecule has 1 aliphatic rings. The Morgan fingerprint density at radius 1 is 1.27 bits per heavy atom. The van der Waals surface area contributed by atoms with Gasteiger partial charge in [0.25, 0.3) is 0 Å². The van der Waals surface area contributed by atoms with Crippen molar-refractivity contribution in [1.29, 1.82) is 0 Å². The van der Waals surface area contributed by atoms with Crippen LogP contribution < -0.4 is 4.74 Å². The van der Waals surface area contributed by atoms with E-state index in [0.29, 0.717) is 0 Å². The fraction of sp³-hybridized carbons (Fsp3) is 0.188. The monoisotopic (exact) mass is 304 g/mol. The molecule has 6 nitrogen and oxygen atoms in total. The first-order chi connectivity index (χ1) is 10.4. The summed E-state index contributed by atoms with van der Waals surface area (Å²) in [5.74, 6) is -1.60. The first kappa shape index (κ1) is 15.7. The summed E-state index contributed by atoms with van der Waals surface area (Å²) in [5, 5.41) is 38.3. The minimum atomic E-state index is -1.13. The van der Waals surface area contributed by atoms with Crippen molar-refractivity contribution in [3.8, 4) is 11.5 Å². The number of carbonyl (C=O) groups excluding carboxylic acids is 1. The van der Waals surface area contributed by atoms with E-state index in [9.17, 15) is 25.2 Å². The van der Waals surface area contributed by atoms with Gasteiger partial charge >= 0.3 is 0 Å². The summed E-state index contributed by atoms with van der Waals surface area (Å²) >= 11 is 0. The Morgan fingerprint density at radius 2 is 2.00 bits per heavy atom. The molecule has 0 saturated heterocycles. The second kappa shape index (κ2) is 6.36. The van der Waals surface area contributed by atoms with Crippen LogP contribution in [0.25, 0.3) is 0 Å². The zero-order valence-corrected chi connectivity index (χ0v) is 11.8. The van der Waals surface area contributed by atoms with Gasteiger partial charge in [-0.05, 0) is 30.4 Å². The Labute approximate surface area is 126 Å². The van der Waals surface area contributed by atoms with Crippen molar-refractivity contribution in [1.82, 2.24) is 0 Å².